The number of rotatable bonds is 3. The lowest BCUT2D eigenvalue weighted by Gasteiger charge is -2.36. The van der Waals surface area contributed by atoms with E-state index < -0.39 is 5.82 Å². The minimum Gasteiger partial charge on any atom is -0.368 e. The summed E-state index contributed by atoms with van der Waals surface area (Å²) in [4.78, 5) is 27.3. The SMILES string of the molecule is CC(=O)Nc1ccc(N2CCN(C(=O)Nc3ccc(F)c(Cl)c3)CC2)cc1. The second-order valence-electron chi connectivity index (χ2n) is 6.26. The Kier molecular flexibility index (Phi) is 5.81. The van der Waals surface area contributed by atoms with Crippen molar-refractivity contribution in [3.05, 3.63) is 53.3 Å². The Hall–Kier alpha value is -2.80. The number of piperazine rings is 1. The minimum absolute atomic E-state index is 0.0275. The fourth-order valence-corrected chi connectivity index (χ4v) is 3.08. The molecule has 6 nitrogen and oxygen atoms in total. The summed E-state index contributed by atoms with van der Waals surface area (Å²) in [7, 11) is 0. The molecule has 1 heterocycles. The van der Waals surface area contributed by atoms with E-state index >= 15 is 0 Å². The first kappa shape index (κ1) is 19.0. The van der Waals surface area contributed by atoms with Crippen LogP contribution in [0.15, 0.2) is 42.5 Å². The molecule has 0 aromatic heterocycles. The van der Waals surface area contributed by atoms with Gasteiger partial charge in [-0.25, -0.2) is 9.18 Å². The highest BCUT2D eigenvalue weighted by Crippen LogP contribution is 2.21. The zero-order chi connectivity index (χ0) is 19.4. The summed E-state index contributed by atoms with van der Waals surface area (Å²) in [6.45, 7) is 3.98. The van der Waals surface area contributed by atoms with Crippen molar-refractivity contribution in [2.45, 2.75) is 6.92 Å². The number of amides is 3. The molecule has 1 aliphatic heterocycles. The van der Waals surface area contributed by atoms with E-state index in [1.54, 1.807) is 4.90 Å². The molecule has 0 spiro atoms. The predicted octanol–water partition coefficient (Wildman–Crippen LogP) is 3.79. The number of benzene rings is 2. The predicted molar refractivity (Wildman–Crippen MR) is 105 cm³/mol. The van der Waals surface area contributed by atoms with Gasteiger partial charge in [-0.3, -0.25) is 4.79 Å². The molecular formula is C19H20ClFN4O2. The average Bonchev–Trinajstić information content (AvgIpc) is 2.65. The summed E-state index contributed by atoms with van der Waals surface area (Å²) >= 11 is 5.74. The van der Waals surface area contributed by atoms with Crippen molar-refractivity contribution in [2.24, 2.45) is 0 Å². The molecule has 2 aromatic carbocycles. The molecule has 3 amide bonds. The van der Waals surface area contributed by atoms with Crippen LogP contribution < -0.4 is 15.5 Å². The molecule has 0 aliphatic carbocycles. The molecule has 27 heavy (non-hydrogen) atoms. The largest absolute Gasteiger partial charge is 0.368 e. The molecule has 3 rings (SSSR count). The van der Waals surface area contributed by atoms with Gasteiger partial charge < -0.3 is 20.4 Å². The Balaban J connectivity index is 1.54. The number of halogens is 2. The fraction of sp³-hybridized carbons (Fsp3) is 0.263. The number of carbonyl (C=O) groups excluding carboxylic acids is 2. The molecule has 8 heteroatoms. The summed E-state index contributed by atoms with van der Waals surface area (Å²) in [5, 5.41) is 5.45. The van der Waals surface area contributed by atoms with Crippen LogP contribution in [0.5, 0.6) is 0 Å². The van der Waals surface area contributed by atoms with Gasteiger partial charge in [0.25, 0.3) is 0 Å². The number of hydrogen-bond acceptors (Lipinski definition) is 3. The molecule has 2 N–H and O–H groups in total. The van der Waals surface area contributed by atoms with E-state index in [4.69, 9.17) is 11.6 Å². The van der Waals surface area contributed by atoms with Gasteiger partial charge in [0, 0.05) is 50.2 Å². The molecule has 0 bridgehead atoms. The molecule has 1 aliphatic rings. The molecule has 2 aromatic rings. The highest BCUT2D eigenvalue weighted by Gasteiger charge is 2.21. The van der Waals surface area contributed by atoms with E-state index in [9.17, 15) is 14.0 Å². The highest BCUT2D eigenvalue weighted by atomic mass is 35.5. The maximum Gasteiger partial charge on any atom is 0.321 e. The van der Waals surface area contributed by atoms with Crippen LogP contribution in [-0.4, -0.2) is 43.0 Å². The van der Waals surface area contributed by atoms with Gasteiger partial charge in [-0.1, -0.05) is 11.6 Å². The average molecular weight is 391 g/mol. The third kappa shape index (κ3) is 4.89. The first-order valence-electron chi connectivity index (χ1n) is 8.56. The Morgan fingerprint density at radius 1 is 0.963 bits per heavy atom. The zero-order valence-electron chi connectivity index (χ0n) is 14.8. The van der Waals surface area contributed by atoms with Crippen LogP contribution >= 0.6 is 11.6 Å². The number of urea groups is 1. The third-order valence-electron chi connectivity index (χ3n) is 4.29. The molecule has 0 saturated carbocycles. The summed E-state index contributed by atoms with van der Waals surface area (Å²) in [6.07, 6.45) is 0. The molecule has 1 saturated heterocycles. The van der Waals surface area contributed by atoms with Gasteiger partial charge in [0.1, 0.15) is 5.82 Å². The van der Waals surface area contributed by atoms with Crippen molar-refractivity contribution in [3.8, 4) is 0 Å². The Morgan fingerprint density at radius 2 is 1.59 bits per heavy atom. The lowest BCUT2D eigenvalue weighted by Crippen LogP contribution is -2.50. The zero-order valence-corrected chi connectivity index (χ0v) is 15.6. The summed E-state index contributed by atoms with van der Waals surface area (Å²) < 4.78 is 13.2. The lowest BCUT2D eigenvalue weighted by atomic mass is 10.2. The highest BCUT2D eigenvalue weighted by molar-refractivity contribution is 6.31. The van der Waals surface area contributed by atoms with Crippen LogP contribution in [0.3, 0.4) is 0 Å². The topological polar surface area (TPSA) is 64.7 Å². The second-order valence-corrected chi connectivity index (χ2v) is 6.67. The van der Waals surface area contributed by atoms with Gasteiger partial charge in [0.15, 0.2) is 0 Å². The third-order valence-corrected chi connectivity index (χ3v) is 4.58. The van der Waals surface area contributed by atoms with Gasteiger partial charge in [-0.05, 0) is 42.5 Å². The van der Waals surface area contributed by atoms with Crippen LogP contribution in [-0.2, 0) is 4.79 Å². The number of hydrogen-bond donors (Lipinski definition) is 2. The molecule has 142 valence electrons. The van der Waals surface area contributed by atoms with Crippen LogP contribution in [0.1, 0.15) is 6.92 Å². The monoisotopic (exact) mass is 390 g/mol. The van der Waals surface area contributed by atoms with Crippen LogP contribution in [0.2, 0.25) is 5.02 Å². The summed E-state index contributed by atoms with van der Waals surface area (Å²) in [5.41, 5.74) is 2.25. The maximum atomic E-state index is 13.2. The number of carbonyl (C=O) groups is 2. The number of nitrogens with zero attached hydrogens (tertiary/aromatic N) is 2. The Labute approximate surface area is 161 Å². The first-order chi connectivity index (χ1) is 12.9. The van der Waals surface area contributed by atoms with Crippen molar-refractivity contribution >= 4 is 40.6 Å². The standard InChI is InChI=1S/C19H20ClFN4O2/c1-13(26)22-14-2-5-16(6-3-14)24-8-10-25(11-9-24)19(27)23-15-4-7-18(21)17(20)12-15/h2-7,12H,8-11H2,1H3,(H,22,26)(H,23,27). The summed E-state index contributed by atoms with van der Waals surface area (Å²) in [6, 6.07) is 11.5. The molecule has 0 atom stereocenters. The van der Waals surface area contributed by atoms with E-state index in [2.05, 4.69) is 15.5 Å². The smallest absolute Gasteiger partial charge is 0.321 e. The Bertz CT molecular complexity index is 836. The number of anilines is 3. The fourth-order valence-electron chi connectivity index (χ4n) is 2.90. The quantitative estimate of drug-likeness (QED) is 0.838. The summed E-state index contributed by atoms with van der Waals surface area (Å²) in [5.74, 6) is -0.627. The molecule has 0 unspecified atom stereocenters. The van der Waals surface area contributed by atoms with E-state index in [1.807, 2.05) is 24.3 Å². The van der Waals surface area contributed by atoms with Gasteiger partial charge in [-0.2, -0.15) is 0 Å². The van der Waals surface area contributed by atoms with Gasteiger partial charge in [0.05, 0.1) is 5.02 Å². The van der Waals surface area contributed by atoms with Crippen molar-refractivity contribution in [2.75, 3.05) is 41.7 Å². The van der Waals surface area contributed by atoms with E-state index in [-0.39, 0.29) is 17.0 Å². The normalized spacial score (nSPS) is 14.0. The van der Waals surface area contributed by atoms with Crippen molar-refractivity contribution in [1.82, 2.24) is 4.90 Å². The second kappa shape index (κ2) is 8.26. The molecule has 1 fully saturated rings. The Morgan fingerprint density at radius 3 is 2.19 bits per heavy atom. The van der Waals surface area contributed by atoms with Crippen molar-refractivity contribution in [3.63, 3.8) is 0 Å². The number of nitrogens with one attached hydrogen (secondary N) is 2. The van der Waals surface area contributed by atoms with Gasteiger partial charge in [-0.15, -0.1) is 0 Å². The van der Waals surface area contributed by atoms with Gasteiger partial charge in [0.2, 0.25) is 5.91 Å². The molecular weight excluding hydrogens is 371 g/mol. The maximum absolute atomic E-state index is 13.2. The van der Waals surface area contributed by atoms with E-state index in [0.717, 1.165) is 11.4 Å². The minimum atomic E-state index is -0.521. The van der Waals surface area contributed by atoms with Crippen molar-refractivity contribution in [1.29, 1.82) is 0 Å². The van der Waals surface area contributed by atoms with Crippen LogP contribution in [0.4, 0.5) is 26.2 Å². The van der Waals surface area contributed by atoms with Crippen LogP contribution in [0, 0.1) is 5.82 Å². The first-order valence-corrected chi connectivity index (χ1v) is 8.94. The van der Waals surface area contributed by atoms with E-state index in [0.29, 0.717) is 31.9 Å². The molecule has 0 radical (unpaired) electrons. The van der Waals surface area contributed by atoms with Gasteiger partial charge >= 0.3 is 6.03 Å². The van der Waals surface area contributed by atoms with E-state index in [1.165, 1.54) is 25.1 Å². The van der Waals surface area contributed by atoms with Crippen molar-refractivity contribution < 1.29 is 14.0 Å². The lowest BCUT2D eigenvalue weighted by molar-refractivity contribution is -0.114. The van der Waals surface area contributed by atoms with Crippen LogP contribution in [0.25, 0.3) is 0 Å².